The predicted octanol–water partition coefficient (Wildman–Crippen LogP) is 3.67. The monoisotopic (exact) mass is 618 g/mol. The minimum atomic E-state index is -0.707. The van der Waals surface area contributed by atoms with Crippen molar-refractivity contribution in [2.75, 3.05) is 50.5 Å². The van der Waals surface area contributed by atoms with Gasteiger partial charge in [0.1, 0.15) is 34.5 Å². The highest BCUT2D eigenvalue weighted by molar-refractivity contribution is 7.16. The molecule has 44 heavy (non-hydrogen) atoms. The zero-order valence-electron chi connectivity index (χ0n) is 25.6. The molecule has 0 radical (unpaired) electrons. The van der Waals surface area contributed by atoms with Gasteiger partial charge in [-0.15, -0.1) is 11.3 Å². The van der Waals surface area contributed by atoms with Gasteiger partial charge in [-0.1, -0.05) is 0 Å². The van der Waals surface area contributed by atoms with Crippen LogP contribution >= 0.6 is 11.3 Å². The van der Waals surface area contributed by atoms with E-state index < -0.39 is 5.41 Å². The lowest BCUT2D eigenvalue weighted by Gasteiger charge is -2.43. The van der Waals surface area contributed by atoms with Crippen LogP contribution in [0.5, 0.6) is 5.88 Å². The Bertz CT molecular complexity index is 1520. The zero-order valence-corrected chi connectivity index (χ0v) is 26.4. The number of aliphatic hydroxyl groups excluding tert-OH is 1. The molecule has 5 heterocycles. The first-order chi connectivity index (χ1) is 21.3. The zero-order chi connectivity index (χ0) is 30.6. The molecule has 1 spiro atoms. The number of ether oxygens (including phenoxy) is 2. The number of nitriles is 1. The Morgan fingerprint density at radius 3 is 2.70 bits per heavy atom. The minimum Gasteiger partial charge on any atom is -0.511 e. The lowest BCUT2D eigenvalue weighted by atomic mass is 9.63. The number of nitrogens with two attached hydrogens (primary N) is 1. The SMILES string of the molecule is C[C@H](Oc1cc(N2CC3COCC(C2)N3)nc(C(=N)C2=C(O)[C@@]3(CCC2)CCCc2sc(N)c(C#N)c23)n1)[C@@H]1CCCN1C. The number of allylic oxidation sites excluding steroid dienone is 2. The molecule has 7 rings (SSSR count). The molecule has 2 unspecified atom stereocenters. The second-order valence-electron chi connectivity index (χ2n) is 13.1. The number of rotatable bonds is 6. The normalized spacial score (nSPS) is 29.4. The molecule has 11 nitrogen and oxygen atoms in total. The number of likely N-dealkylation sites (N-methyl/N-ethyl adjacent to an activating group) is 1. The third kappa shape index (κ3) is 5.04. The van der Waals surface area contributed by atoms with Crippen LogP contribution in [0.15, 0.2) is 17.4 Å². The van der Waals surface area contributed by atoms with Crippen molar-refractivity contribution < 1.29 is 14.6 Å². The lowest BCUT2D eigenvalue weighted by molar-refractivity contribution is 0.0374. The predicted molar refractivity (Wildman–Crippen MR) is 170 cm³/mol. The quantitative estimate of drug-likeness (QED) is 0.352. The van der Waals surface area contributed by atoms with Gasteiger partial charge in [-0.2, -0.15) is 10.2 Å². The molecular formula is C32H42N8O3S. The number of hydrogen-bond donors (Lipinski definition) is 4. The smallest absolute Gasteiger partial charge is 0.219 e. The van der Waals surface area contributed by atoms with E-state index in [1.807, 2.05) is 6.07 Å². The van der Waals surface area contributed by atoms with E-state index in [0.29, 0.717) is 47.7 Å². The Morgan fingerprint density at radius 2 is 2.00 bits per heavy atom. The van der Waals surface area contributed by atoms with Crippen LogP contribution in [0.4, 0.5) is 10.8 Å². The third-order valence-corrected chi connectivity index (χ3v) is 11.4. The first-order valence-electron chi connectivity index (χ1n) is 16.0. The number of nitrogens with zero attached hydrogens (tertiary/aromatic N) is 5. The summed E-state index contributed by atoms with van der Waals surface area (Å²) < 4.78 is 12.3. The molecule has 2 aromatic rings. The summed E-state index contributed by atoms with van der Waals surface area (Å²) in [5.41, 5.74) is 7.60. The van der Waals surface area contributed by atoms with E-state index in [9.17, 15) is 15.8 Å². The highest BCUT2D eigenvalue weighted by Crippen LogP contribution is 2.54. The largest absolute Gasteiger partial charge is 0.511 e. The van der Waals surface area contributed by atoms with Gasteiger partial charge in [-0.05, 0) is 77.4 Å². The van der Waals surface area contributed by atoms with Crippen LogP contribution in [0.2, 0.25) is 0 Å². The number of morpholine rings is 1. The van der Waals surface area contributed by atoms with Crippen molar-refractivity contribution in [3.05, 3.63) is 39.2 Å². The number of aryl methyl sites for hydroxylation is 1. The fraction of sp³-hybridized carbons (Fsp3) is 0.625. The number of hydrogen-bond acceptors (Lipinski definition) is 12. The Balaban J connectivity index is 1.27. The number of likely N-dealkylation sites (tertiary alicyclic amines) is 1. The molecule has 5 atom stereocenters. The van der Waals surface area contributed by atoms with Gasteiger partial charge in [0.15, 0.2) is 5.82 Å². The average Bonchev–Trinajstić information content (AvgIpc) is 3.60. The molecule has 12 heteroatoms. The van der Waals surface area contributed by atoms with Crippen LogP contribution < -0.4 is 20.7 Å². The fourth-order valence-corrected chi connectivity index (χ4v) is 9.42. The van der Waals surface area contributed by atoms with Crippen molar-refractivity contribution in [2.45, 2.75) is 87.9 Å². The second-order valence-corrected chi connectivity index (χ2v) is 14.3. The van der Waals surface area contributed by atoms with Crippen LogP contribution in [-0.4, -0.2) is 89.8 Å². The Labute approximate surface area is 262 Å². The molecule has 2 aromatic heterocycles. The van der Waals surface area contributed by atoms with Crippen molar-refractivity contribution in [2.24, 2.45) is 0 Å². The van der Waals surface area contributed by atoms with Crippen molar-refractivity contribution in [3.63, 3.8) is 0 Å². The van der Waals surface area contributed by atoms with Gasteiger partial charge < -0.3 is 30.5 Å². The van der Waals surface area contributed by atoms with Gasteiger partial charge >= 0.3 is 0 Å². The number of fused-ring (bicyclic) bond motifs is 4. The maximum absolute atomic E-state index is 12.0. The Hall–Kier alpha value is -3.24. The van der Waals surface area contributed by atoms with Crippen LogP contribution in [0.25, 0.3) is 0 Å². The second kappa shape index (κ2) is 11.6. The summed E-state index contributed by atoms with van der Waals surface area (Å²) in [4.78, 5) is 15.4. The van der Waals surface area contributed by atoms with Gasteiger partial charge in [0, 0.05) is 47.7 Å². The van der Waals surface area contributed by atoms with Crippen LogP contribution in [0.1, 0.15) is 73.7 Å². The van der Waals surface area contributed by atoms with Crippen molar-refractivity contribution in [1.82, 2.24) is 20.2 Å². The molecule has 5 N–H and O–H groups in total. The number of aromatic nitrogens is 2. The van der Waals surface area contributed by atoms with Crippen molar-refractivity contribution >= 4 is 27.9 Å². The number of piperazine rings is 1. The van der Waals surface area contributed by atoms with Crippen LogP contribution in [0, 0.1) is 16.7 Å². The maximum Gasteiger partial charge on any atom is 0.219 e. The number of nitrogens with one attached hydrogen (secondary N) is 2. The standard InChI is InChI=1S/C32H42N8O3S/c1-18(23-7-5-11-39(23)2)43-26-12-25(40-14-19-16-42-17-20(15-40)36-19)37-31(38-26)28(34)21-6-3-9-32(29(21)41)10-4-8-24-27(32)22(13-33)30(35)44-24/h12,18-20,23,34,36,41H,3-11,14-17,35H2,1-2H3/t18-,19?,20?,23-,32-/m0/s1. The van der Waals surface area contributed by atoms with E-state index in [1.54, 1.807) is 0 Å². The average molecular weight is 619 g/mol. The molecule has 3 saturated heterocycles. The number of thiophene rings is 1. The van der Waals surface area contributed by atoms with Gasteiger partial charge in [-0.25, -0.2) is 4.98 Å². The molecule has 2 bridgehead atoms. The summed E-state index contributed by atoms with van der Waals surface area (Å²) in [6, 6.07) is 4.92. The number of anilines is 2. The van der Waals surface area contributed by atoms with E-state index in [4.69, 9.17) is 25.2 Å². The van der Waals surface area contributed by atoms with Gasteiger partial charge in [0.05, 0.1) is 24.2 Å². The third-order valence-electron chi connectivity index (χ3n) is 10.3. The lowest BCUT2D eigenvalue weighted by Crippen LogP contribution is -2.63. The molecule has 0 amide bonds. The summed E-state index contributed by atoms with van der Waals surface area (Å²) in [6.45, 7) is 5.91. The van der Waals surface area contributed by atoms with Gasteiger partial charge in [0.25, 0.3) is 0 Å². The first-order valence-corrected chi connectivity index (χ1v) is 16.8. The highest BCUT2D eigenvalue weighted by Gasteiger charge is 2.47. The van der Waals surface area contributed by atoms with E-state index in [-0.39, 0.29) is 35.5 Å². The van der Waals surface area contributed by atoms with E-state index >= 15 is 0 Å². The first kappa shape index (κ1) is 29.5. The molecular weight excluding hydrogens is 576 g/mol. The van der Waals surface area contributed by atoms with Crippen molar-refractivity contribution in [1.29, 1.82) is 10.7 Å². The van der Waals surface area contributed by atoms with Gasteiger partial charge in [0.2, 0.25) is 5.88 Å². The van der Waals surface area contributed by atoms with Crippen LogP contribution in [-0.2, 0) is 16.6 Å². The van der Waals surface area contributed by atoms with E-state index in [1.165, 1.54) is 11.3 Å². The van der Waals surface area contributed by atoms with E-state index in [0.717, 1.165) is 80.8 Å². The summed E-state index contributed by atoms with van der Waals surface area (Å²) in [5.74, 6) is 1.60. The minimum absolute atomic E-state index is 0.0808. The Morgan fingerprint density at radius 1 is 1.25 bits per heavy atom. The summed E-state index contributed by atoms with van der Waals surface area (Å²) >= 11 is 1.46. The number of aliphatic hydroxyl groups is 1. The summed E-state index contributed by atoms with van der Waals surface area (Å²) in [6.07, 6.45) is 6.67. The fourth-order valence-electron chi connectivity index (χ4n) is 8.26. The Kier molecular flexibility index (Phi) is 7.77. The van der Waals surface area contributed by atoms with E-state index in [2.05, 4.69) is 35.2 Å². The molecule has 234 valence electrons. The molecule has 3 aliphatic heterocycles. The number of nitrogen functional groups attached to an aromatic ring is 1. The highest BCUT2D eigenvalue weighted by atomic mass is 32.1. The molecule has 0 saturated carbocycles. The molecule has 3 fully saturated rings. The molecule has 5 aliphatic rings. The van der Waals surface area contributed by atoms with Crippen LogP contribution in [0.3, 0.4) is 0 Å². The summed E-state index contributed by atoms with van der Waals surface area (Å²) in [7, 11) is 2.13. The van der Waals surface area contributed by atoms with Gasteiger partial charge in [-0.3, -0.25) is 10.3 Å². The topological polar surface area (TPSA) is 157 Å². The summed E-state index contributed by atoms with van der Waals surface area (Å²) in [5, 5.41) is 35.6. The molecule has 2 aliphatic carbocycles. The molecule has 0 aromatic carbocycles. The van der Waals surface area contributed by atoms with Crippen molar-refractivity contribution in [3.8, 4) is 11.9 Å². The maximum atomic E-state index is 12.0.